The number of methoxy groups -OCH3 is 2. The third kappa shape index (κ3) is 7.56. The van der Waals surface area contributed by atoms with Gasteiger partial charge in [0.1, 0.15) is 29.7 Å². The number of esters is 2. The summed E-state index contributed by atoms with van der Waals surface area (Å²) in [5.41, 5.74) is 6.03. The number of unbranched alkanes of at least 4 members (excludes halogenated alkanes) is 1. The Morgan fingerprint density at radius 3 is 2.22 bits per heavy atom. The number of carboxylic acid groups (broad SMARTS) is 1. The van der Waals surface area contributed by atoms with Crippen LogP contribution < -0.4 is 20.5 Å². The fraction of sp³-hybridized carbons (Fsp3) is 0.745. The van der Waals surface area contributed by atoms with Gasteiger partial charge in [-0.3, -0.25) is 19.2 Å². The fourth-order valence-corrected chi connectivity index (χ4v) is 13.2. The third-order valence-electron chi connectivity index (χ3n) is 16.8. The number of hydrogen-bond donors (Lipinski definition) is 3. The van der Waals surface area contributed by atoms with Gasteiger partial charge in [-0.25, -0.2) is 0 Å². The second kappa shape index (κ2) is 16.7. The molecule has 1 aromatic rings. The van der Waals surface area contributed by atoms with Crippen LogP contribution in [0.15, 0.2) is 29.8 Å². The van der Waals surface area contributed by atoms with Gasteiger partial charge in [0.2, 0.25) is 0 Å². The Labute approximate surface area is 351 Å². The Kier molecular flexibility index (Phi) is 12.7. The predicted molar refractivity (Wildman–Crippen MR) is 223 cm³/mol. The highest BCUT2D eigenvalue weighted by atomic mass is 16.6. The number of ether oxygens (including phenoxy) is 5. The van der Waals surface area contributed by atoms with Crippen LogP contribution in [0.4, 0.5) is 0 Å². The molecule has 0 aromatic heterocycles. The van der Waals surface area contributed by atoms with E-state index < -0.39 is 58.3 Å². The number of benzene rings is 1. The summed E-state index contributed by atoms with van der Waals surface area (Å²) >= 11 is 0. The number of carboxylic acids is 1. The maximum Gasteiger partial charge on any atom is 0.323 e. The Morgan fingerprint density at radius 2 is 1.61 bits per heavy atom. The van der Waals surface area contributed by atoms with Crippen LogP contribution in [0, 0.1) is 56.7 Å². The molecule has 1 aromatic carbocycles. The summed E-state index contributed by atoms with van der Waals surface area (Å²) in [4.78, 5) is 52.8. The lowest BCUT2D eigenvalue weighted by atomic mass is 9.34. The van der Waals surface area contributed by atoms with Crippen molar-refractivity contribution in [3.05, 3.63) is 35.4 Å². The minimum atomic E-state index is -0.905. The zero-order valence-electron chi connectivity index (χ0n) is 37.1. The summed E-state index contributed by atoms with van der Waals surface area (Å²) in [7, 11) is 3.05. The van der Waals surface area contributed by atoms with E-state index in [0.29, 0.717) is 74.8 Å². The number of rotatable bonds is 14. The molecule has 12 atom stereocenters. The van der Waals surface area contributed by atoms with E-state index in [1.807, 2.05) is 0 Å². The molecule has 4 N–H and O–H groups in total. The molecule has 328 valence electrons. The second-order valence-electron chi connectivity index (χ2n) is 20.0. The van der Waals surface area contributed by atoms with E-state index in [2.05, 4.69) is 59.9 Å². The van der Waals surface area contributed by atoms with Gasteiger partial charge < -0.3 is 39.8 Å². The van der Waals surface area contributed by atoms with Crippen LogP contribution in [0.1, 0.15) is 124 Å². The molecule has 0 spiro atoms. The van der Waals surface area contributed by atoms with Crippen molar-refractivity contribution in [2.45, 2.75) is 131 Å². The first-order chi connectivity index (χ1) is 27.7. The smallest absolute Gasteiger partial charge is 0.323 e. The number of amides is 1. The standard InChI is InChI=1S/C47H70N2O10/c1-27(2)28(3)43(5)18-19-45(7)33-14-15-37-44(6)25-57-26-47(37,34(33)16-17-46(45,8)38(43)41(52)53)24-36(58-29(4)50)39(44)59-42(54)35(48)13-11-12-20-49-40(51)30-21-31(55-9)23-32(22-30)56-10/h16,21-23,27-28,33,35-39H,11-15,17-20,24-26,48H2,1-10H3,(H,49,51)(H,52,53)/t28-,33+,35?,36-,37+,38-,39+,43-,44-,45-,46+,47-/m1/s1. The molecule has 6 rings (SSSR count). The Morgan fingerprint density at radius 1 is 0.932 bits per heavy atom. The van der Waals surface area contributed by atoms with Gasteiger partial charge in [0.25, 0.3) is 5.91 Å². The van der Waals surface area contributed by atoms with Crippen molar-refractivity contribution in [1.82, 2.24) is 5.32 Å². The van der Waals surface area contributed by atoms with Gasteiger partial charge in [-0.2, -0.15) is 0 Å². The van der Waals surface area contributed by atoms with Gasteiger partial charge in [-0.05, 0) is 110 Å². The van der Waals surface area contributed by atoms with Gasteiger partial charge in [0, 0.05) is 35.9 Å². The first-order valence-electron chi connectivity index (χ1n) is 21.9. The van der Waals surface area contributed by atoms with E-state index in [0.717, 1.165) is 25.7 Å². The highest BCUT2D eigenvalue weighted by molar-refractivity contribution is 5.95. The Hall–Kier alpha value is -3.64. The fourth-order valence-electron chi connectivity index (χ4n) is 13.2. The van der Waals surface area contributed by atoms with E-state index >= 15 is 0 Å². The molecule has 1 saturated heterocycles. The van der Waals surface area contributed by atoms with Crippen molar-refractivity contribution in [2.24, 2.45) is 62.4 Å². The normalized spacial score (nSPS) is 37.0. The number of nitrogens with two attached hydrogens (primary N) is 1. The Bertz CT molecular complexity index is 1790. The summed E-state index contributed by atoms with van der Waals surface area (Å²) < 4.78 is 29.6. The lowest BCUT2D eigenvalue weighted by Crippen LogP contribution is -2.70. The van der Waals surface area contributed by atoms with Crippen molar-refractivity contribution >= 4 is 23.8 Å². The topological polar surface area (TPSA) is 173 Å². The maximum atomic E-state index is 13.8. The minimum Gasteiger partial charge on any atom is -0.497 e. The second-order valence-corrected chi connectivity index (χ2v) is 20.0. The van der Waals surface area contributed by atoms with Crippen LogP contribution in [-0.2, 0) is 28.6 Å². The van der Waals surface area contributed by atoms with Crippen LogP contribution in [0.5, 0.6) is 11.5 Å². The molecular weight excluding hydrogens is 753 g/mol. The molecule has 12 heteroatoms. The first-order valence-corrected chi connectivity index (χ1v) is 21.9. The van der Waals surface area contributed by atoms with E-state index in [9.17, 15) is 24.3 Å². The van der Waals surface area contributed by atoms with Crippen molar-refractivity contribution in [2.75, 3.05) is 34.0 Å². The zero-order chi connectivity index (χ0) is 43.3. The van der Waals surface area contributed by atoms with Crippen molar-refractivity contribution < 1.29 is 48.0 Å². The average Bonchev–Trinajstić information content (AvgIpc) is 3.18. The molecule has 12 nitrogen and oxygen atoms in total. The molecule has 1 amide bonds. The summed E-state index contributed by atoms with van der Waals surface area (Å²) in [5.74, 6) is -0.551. The van der Waals surface area contributed by atoms with Gasteiger partial charge in [0.15, 0.2) is 0 Å². The van der Waals surface area contributed by atoms with Gasteiger partial charge in [-0.1, -0.05) is 60.1 Å². The molecule has 4 aliphatic carbocycles. The predicted octanol–water partition coefficient (Wildman–Crippen LogP) is 7.36. The Balaban J connectivity index is 1.18. The molecule has 1 aliphatic heterocycles. The maximum absolute atomic E-state index is 13.8. The van der Waals surface area contributed by atoms with Crippen LogP contribution in [0.25, 0.3) is 0 Å². The number of hydrogen-bond acceptors (Lipinski definition) is 10. The average molecular weight is 823 g/mol. The van der Waals surface area contributed by atoms with E-state index in [-0.39, 0.29) is 34.5 Å². The molecule has 2 bridgehead atoms. The molecule has 1 unspecified atom stereocenters. The number of nitrogens with one attached hydrogen (secondary N) is 1. The number of aliphatic carboxylic acids is 1. The SMILES string of the molecule is COc1cc(OC)cc(C(=O)NCCCCC(N)C(=O)O[C@H]2[C@H](OC(C)=O)C[C@]34COC[C@]2(C)[C@@H]3CC[C@H]2C4=CC[C@@]3(C)[C@H](C(=O)O)[C@@](C)([C@H](C)C(C)C)CC[C@]23C)c1. The number of carbonyl (C=O) groups excluding carboxylic acids is 3. The number of fused-ring (bicyclic) bond motifs is 3. The molecule has 4 fully saturated rings. The van der Waals surface area contributed by atoms with Crippen molar-refractivity contribution in [1.29, 1.82) is 0 Å². The molecule has 1 heterocycles. The first kappa shape index (κ1) is 44.9. The van der Waals surface area contributed by atoms with Gasteiger partial charge >= 0.3 is 17.9 Å². The summed E-state index contributed by atoms with van der Waals surface area (Å²) in [6, 6.07) is 4.08. The summed E-state index contributed by atoms with van der Waals surface area (Å²) in [6.45, 7) is 18.2. The van der Waals surface area contributed by atoms with Crippen molar-refractivity contribution in [3.8, 4) is 11.5 Å². The minimum absolute atomic E-state index is 0.0956. The highest BCUT2D eigenvalue weighted by Gasteiger charge is 2.72. The quantitative estimate of drug-likeness (QED) is 0.0972. The number of allylic oxidation sites excluding steroid dienone is 1. The molecule has 5 aliphatic rings. The lowest BCUT2D eigenvalue weighted by Gasteiger charge is -2.71. The monoisotopic (exact) mass is 823 g/mol. The van der Waals surface area contributed by atoms with Crippen LogP contribution in [0.3, 0.4) is 0 Å². The zero-order valence-corrected chi connectivity index (χ0v) is 37.1. The van der Waals surface area contributed by atoms with Crippen molar-refractivity contribution in [3.63, 3.8) is 0 Å². The van der Waals surface area contributed by atoms with Gasteiger partial charge in [0.05, 0.1) is 33.4 Å². The molecule has 59 heavy (non-hydrogen) atoms. The lowest BCUT2D eigenvalue weighted by molar-refractivity contribution is -0.263. The molecule has 0 radical (unpaired) electrons. The largest absolute Gasteiger partial charge is 0.497 e. The number of carbonyl (C=O) groups is 4. The van der Waals surface area contributed by atoms with E-state index in [1.54, 1.807) is 18.2 Å². The van der Waals surface area contributed by atoms with E-state index in [4.69, 9.17) is 29.4 Å². The van der Waals surface area contributed by atoms with E-state index in [1.165, 1.54) is 26.7 Å². The summed E-state index contributed by atoms with van der Waals surface area (Å²) in [5, 5.41) is 13.9. The third-order valence-corrected chi connectivity index (χ3v) is 16.8. The van der Waals surface area contributed by atoms with Gasteiger partial charge in [-0.15, -0.1) is 0 Å². The summed E-state index contributed by atoms with van der Waals surface area (Å²) in [6.07, 6.45) is 7.11. The molecular formula is C47H70N2O10. The van der Waals surface area contributed by atoms with Crippen LogP contribution in [-0.4, -0.2) is 81.1 Å². The highest BCUT2D eigenvalue weighted by Crippen LogP contribution is 2.75. The van der Waals surface area contributed by atoms with Crippen LogP contribution >= 0.6 is 0 Å². The van der Waals surface area contributed by atoms with Crippen LogP contribution in [0.2, 0.25) is 0 Å². The molecule has 3 saturated carbocycles.